The zero-order valence-corrected chi connectivity index (χ0v) is 16.7. The van der Waals surface area contributed by atoms with Crippen molar-refractivity contribution in [3.8, 4) is 22.9 Å². The van der Waals surface area contributed by atoms with Crippen molar-refractivity contribution in [2.24, 2.45) is 5.10 Å². The Balaban J connectivity index is 1.94. The van der Waals surface area contributed by atoms with Gasteiger partial charge in [-0.2, -0.15) is 14.9 Å². The molecule has 0 unspecified atom stereocenters. The molecule has 1 aromatic heterocycles. The third-order valence-corrected chi connectivity index (χ3v) is 4.44. The fourth-order valence-electron chi connectivity index (χ4n) is 2.36. The standard InChI is InChI=1S/C18H17BrN4O2S/c1-3-25-14-6-4-5-13(10-14)17-21-22-18(26)23(17)20-11-12-7-8-16(24-2)15(19)9-12/h4-11H,3H2,1-2H3,(H,22,26)/b20-11+. The molecule has 0 atom stereocenters. The van der Waals surface area contributed by atoms with E-state index >= 15 is 0 Å². The average Bonchev–Trinajstić information content (AvgIpc) is 3.01. The fourth-order valence-corrected chi connectivity index (χ4v) is 3.10. The molecular weight excluding hydrogens is 416 g/mol. The van der Waals surface area contributed by atoms with Crippen LogP contribution in [-0.4, -0.2) is 34.8 Å². The van der Waals surface area contributed by atoms with E-state index in [1.807, 2.05) is 49.4 Å². The van der Waals surface area contributed by atoms with Gasteiger partial charge in [0.25, 0.3) is 0 Å². The van der Waals surface area contributed by atoms with Gasteiger partial charge < -0.3 is 9.47 Å². The van der Waals surface area contributed by atoms with Crippen LogP contribution in [0.3, 0.4) is 0 Å². The molecule has 6 nitrogen and oxygen atoms in total. The Bertz CT molecular complexity index is 997. The van der Waals surface area contributed by atoms with E-state index in [9.17, 15) is 0 Å². The summed E-state index contributed by atoms with van der Waals surface area (Å²) in [7, 11) is 1.63. The van der Waals surface area contributed by atoms with Crippen LogP contribution >= 0.6 is 28.1 Å². The second kappa shape index (κ2) is 8.29. The number of nitrogens with one attached hydrogen (secondary N) is 1. The largest absolute Gasteiger partial charge is 0.496 e. The van der Waals surface area contributed by atoms with E-state index in [0.29, 0.717) is 17.2 Å². The minimum Gasteiger partial charge on any atom is -0.496 e. The van der Waals surface area contributed by atoms with E-state index in [1.165, 1.54) is 0 Å². The summed E-state index contributed by atoms with van der Waals surface area (Å²) in [6.45, 7) is 2.54. The van der Waals surface area contributed by atoms with Crippen LogP contribution in [0.1, 0.15) is 12.5 Å². The maximum atomic E-state index is 5.55. The van der Waals surface area contributed by atoms with Crippen LogP contribution in [0, 0.1) is 4.77 Å². The van der Waals surface area contributed by atoms with Crippen LogP contribution in [0.15, 0.2) is 52.0 Å². The molecule has 0 aliphatic heterocycles. The monoisotopic (exact) mass is 432 g/mol. The number of aromatic amines is 1. The quantitative estimate of drug-likeness (QED) is 0.454. The highest BCUT2D eigenvalue weighted by atomic mass is 79.9. The predicted molar refractivity (Wildman–Crippen MR) is 108 cm³/mol. The second-order valence-electron chi connectivity index (χ2n) is 5.26. The Morgan fingerprint density at radius 2 is 2.15 bits per heavy atom. The lowest BCUT2D eigenvalue weighted by atomic mass is 10.2. The molecule has 8 heteroatoms. The van der Waals surface area contributed by atoms with Crippen LogP contribution in [-0.2, 0) is 0 Å². The maximum absolute atomic E-state index is 5.55. The molecule has 2 aromatic carbocycles. The number of ether oxygens (including phenoxy) is 2. The van der Waals surface area contributed by atoms with E-state index in [4.69, 9.17) is 21.7 Å². The highest BCUT2D eigenvalue weighted by molar-refractivity contribution is 9.10. The van der Waals surface area contributed by atoms with Crippen molar-refractivity contribution in [1.82, 2.24) is 14.9 Å². The molecule has 26 heavy (non-hydrogen) atoms. The van der Waals surface area contributed by atoms with Gasteiger partial charge in [-0.25, -0.2) is 5.10 Å². The first-order valence-corrected chi connectivity index (χ1v) is 9.11. The molecule has 0 bridgehead atoms. The van der Waals surface area contributed by atoms with Crippen molar-refractivity contribution >= 4 is 34.4 Å². The minimum absolute atomic E-state index is 0.408. The molecule has 0 radical (unpaired) electrons. The zero-order valence-electron chi connectivity index (χ0n) is 14.3. The molecule has 3 rings (SSSR count). The number of halogens is 1. The van der Waals surface area contributed by atoms with Crippen molar-refractivity contribution in [2.75, 3.05) is 13.7 Å². The number of hydrogen-bond acceptors (Lipinski definition) is 5. The lowest BCUT2D eigenvalue weighted by Crippen LogP contribution is -1.96. The van der Waals surface area contributed by atoms with Gasteiger partial charge in [0.05, 0.1) is 24.4 Å². The lowest BCUT2D eigenvalue weighted by Gasteiger charge is -2.06. The van der Waals surface area contributed by atoms with Crippen molar-refractivity contribution in [2.45, 2.75) is 6.92 Å². The van der Waals surface area contributed by atoms with Gasteiger partial charge >= 0.3 is 0 Å². The Morgan fingerprint density at radius 3 is 2.88 bits per heavy atom. The van der Waals surface area contributed by atoms with Gasteiger partial charge in [-0.1, -0.05) is 12.1 Å². The highest BCUT2D eigenvalue weighted by Gasteiger charge is 2.09. The third kappa shape index (κ3) is 4.03. The molecule has 1 heterocycles. The van der Waals surface area contributed by atoms with E-state index in [1.54, 1.807) is 18.0 Å². The van der Waals surface area contributed by atoms with E-state index in [-0.39, 0.29) is 0 Å². The maximum Gasteiger partial charge on any atom is 0.216 e. The van der Waals surface area contributed by atoms with Crippen molar-refractivity contribution < 1.29 is 9.47 Å². The van der Waals surface area contributed by atoms with Crippen LogP contribution in [0.5, 0.6) is 11.5 Å². The van der Waals surface area contributed by atoms with Gasteiger partial charge in [-0.15, -0.1) is 0 Å². The molecule has 0 saturated carbocycles. The zero-order chi connectivity index (χ0) is 18.5. The van der Waals surface area contributed by atoms with Gasteiger partial charge in [0, 0.05) is 5.56 Å². The topological polar surface area (TPSA) is 64.4 Å². The van der Waals surface area contributed by atoms with Crippen molar-refractivity contribution in [1.29, 1.82) is 0 Å². The van der Waals surface area contributed by atoms with Crippen molar-refractivity contribution in [3.63, 3.8) is 0 Å². The van der Waals surface area contributed by atoms with Crippen molar-refractivity contribution in [3.05, 3.63) is 57.3 Å². The summed E-state index contributed by atoms with van der Waals surface area (Å²) >= 11 is 8.78. The summed E-state index contributed by atoms with van der Waals surface area (Å²) in [4.78, 5) is 0. The number of H-pyrrole nitrogens is 1. The van der Waals surface area contributed by atoms with E-state index in [0.717, 1.165) is 27.1 Å². The molecule has 0 aliphatic carbocycles. The molecule has 1 N–H and O–H groups in total. The number of benzene rings is 2. The third-order valence-electron chi connectivity index (χ3n) is 3.55. The number of aromatic nitrogens is 3. The molecule has 0 aliphatic rings. The lowest BCUT2D eigenvalue weighted by molar-refractivity contribution is 0.340. The first-order chi connectivity index (χ1) is 12.6. The van der Waals surface area contributed by atoms with Crippen LogP contribution in [0.2, 0.25) is 0 Å². The van der Waals surface area contributed by atoms with E-state index in [2.05, 4.69) is 31.2 Å². The SMILES string of the molecule is CCOc1cccc(-c2n[nH]c(=S)n2/N=C/c2ccc(OC)c(Br)c2)c1. The minimum atomic E-state index is 0.408. The molecule has 3 aromatic rings. The first-order valence-electron chi connectivity index (χ1n) is 7.91. The summed E-state index contributed by atoms with van der Waals surface area (Å²) in [6.07, 6.45) is 1.71. The number of nitrogens with zero attached hydrogens (tertiary/aromatic N) is 3. The summed E-state index contributed by atoms with van der Waals surface area (Å²) in [6, 6.07) is 13.3. The number of hydrogen-bond donors (Lipinski definition) is 1. The predicted octanol–water partition coefficient (Wildman–Crippen LogP) is 4.66. The molecule has 0 amide bonds. The highest BCUT2D eigenvalue weighted by Crippen LogP contribution is 2.25. The smallest absolute Gasteiger partial charge is 0.216 e. The second-order valence-corrected chi connectivity index (χ2v) is 6.50. The summed E-state index contributed by atoms with van der Waals surface area (Å²) in [5.41, 5.74) is 1.76. The number of methoxy groups -OCH3 is 1. The first kappa shape index (κ1) is 18.3. The Morgan fingerprint density at radius 1 is 1.31 bits per heavy atom. The normalized spacial score (nSPS) is 11.0. The van der Waals surface area contributed by atoms with Gasteiger partial charge in [0.15, 0.2) is 5.82 Å². The van der Waals surface area contributed by atoms with Crippen LogP contribution < -0.4 is 9.47 Å². The molecule has 0 fully saturated rings. The fraction of sp³-hybridized carbons (Fsp3) is 0.167. The average molecular weight is 433 g/mol. The summed E-state index contributed by atoms with van der Waals surface area (Å²) < 4.78 is 13.6. The molecule has 0 saturated heterocycles. The number of rotatable bonds is 6. The Kier molecular flexibility index (Phi) is 5.85. The molecular formula is C18H17BrN4O2S. The van der Waals surface area contributed by atoms with Gasteiger partial charge in [0.2, 0.25) is 4.77 Å². The summed E-state index contributed by atoms with van der Waals surface area (Å²) in [5.74, 6) is 2.14. The van der Waals surface area contributed by atoms with Crippen LogP contribution in [0.4, 0.5) is 0 Å². The molecule has 134 valence electrons. The molecule has 0 spiro atoms. The van der Waals surface area contributed by atoms with Gasteiger partial charge in [-0.05, 0) is 71.0 Å². The Hall–Kier alpha value is -2.45. The van der Waals surface area contributed by atoms with E-state index < -0.39 is 0 Å². The van der Waals surface area contributed by atoms with Gasteiger partial charge in [-0.3, -0.25) is 0 Å². The summed E-state index contributed by atoms with van der Waals surface area (Å²) in [5, 5.41) is 11.6. The van der Waals surface area contributed by atoms with Crippen LogP contribution in [0.25, 0.3) is 11.4 Å². The Labute approximate surface area is 164 Å². The van der Waals surface area contributed by atoms with Gasteiger partial charge in [0.1, 0.15) is 11.5 Å².